The third-order valence-electron chi connectivity index (χ3n) is 2.69. The molecule has 1 aromatic heterocycles. The first-order valence-electron chi connectivity index (χ1n) is 6.84. The van der Waals surface area contributed by atoms with Crippen molar-refractivity contribution in [1.29, 1.82) is 0 Å². The molecule has 0 fully saturated rings. The Labute approximate surface area is 115 Å². The van der Waals surface area contributed by atoms with Crippen molar-refractivity contribution in [2.45, 2.75) is 40.7 Å². The predicted molar refractivity (Wildman–Crippen MR) is 77.2 cm³/mol. The Kier molecular flexibility index (Phi) is 5.73. The summed E-state index contributed by atoms with van der Waals surface area (Å²) in [5, 5.41) is 11.1. The van der Waals surface area contributed by atoms with E-state index in [1.807, 2.05) is 25.7 Å². The molecule has 0 saturated heterocycles. The van der Waals surface area contributed by atoms with Crippen LogP contribution in [0.3, 0.4) is 0 Å². The molecule has 5 heteroatoms. The van der Waals surface area contributed by atoms with Crippen LogP contribution in [0.1, 0.15) is 45.1 Å². The summed E-state index contributed by atoms with van der Waals surface area (Å²) in [6.07, 6.45) is 0. The van der Waals surface area contributed by atoms with Gasteiger partial charge in [-0.2, -0.15) is 0 Å². The molecule has 5 nitrogen and oxygen atoms in total. The number of carbonyl (C=O) groups is 1. The van der Waals surface area contributed by atoms with Crippen LogP contribution in [-0.4, -0.2) is 40.1 Å². The highest BCUT2D eigenvalue weighted by molar-refractivity contribution is 5.92. The van der Waals surface area contributed by atoms with Gasteiger partial charge in [0.1, 0.15) is 5.82 Å². The van der Waals surface area contributed by atoms with Gasteiger partial charge in [0.25, 0.3) is 5.91 Å². The second-order valence-corrected chi connectivity index (χ2v) is 5.28. The fourth-order valence-electron chi connectivity index (χ4n) is 1.79. The minimum atomic E-state index is -0.0563. The van der Waals surface area contributed by atoms with Crippen molar-refractivity contribution in [2.24, 2.45) is 5.92 Å². The van der Waals surface area contributed by atoms with E-state index in [1.54, 1.807) is 12.1 Å². The maximum Gasteiger partial charge on any atom is 0.274 e. The molecular weight excluding hydrogens is 240 g/mol. The van der Waals surface area contributed by atoms with Gasteiger partial charge < -0.3 is 10.2 Å². The smallest absolute Gasteiger partial charge is 0.274 e. The largest absolute Gasteiger partial charge is 0.369 e. The standard InChI is InChI=1S/C14H24N4O/c1-6-15-13-8-7-12(16-17-13)14(19)18(11(4)5)9-10(2)3/h7-8,10-11H,6,9H2,1-5H3,(H,15,17). The van der Waals surface area contributed by atoms with Gasteiger partial charge in [0, 0.05) is 19.1 Å². The van der Waals surface area contributed by atoms with Crippen molar-refractivity contribution in [3.05, 3.63) is 17.8 Å². The summed E-state index contributed by atoms with van der Waals surface area (Å²) in [6.45, 7) is 11.7. The second kappa shape index (κ2) is 7.07. The fourth-order valence-corrected chi connectivity index (χ4v) is 1.79. The van der Waals surface area contributed by atoms with Crippen molar-refractivity contribution in [3.63, 3.8) is 0 Å². The average molecular weight is 264 g/mol. The van der Waals surface area contributed by atoms with E-state index in [-0.39, 0.29) is 11.9 Å². The molecule has 0 radical (unpaired) electrons. The Morgan fingerprint density at radius 1 is 1.26 bits per heavy atom. The number of anilines is 1. The van der Waals surface area contributed by atoms with Crippen molar-refractivity contribution in [2.75, 3.05) is 18.4 Å². The van der Waals surface area contributed by atoms with Crippen LogP contribution in [0.5, 0.6) is 0 Å². The van der Waals surface area contributed by atoms with Crippen LogP contribution in [-0.2, 0) is 0 Å². The number of nitrogens with zero attached hydrogens (tertiary/aromatic N) is 3. The molecule has 0 aromatic carbocycles. The van der Waals surface area contributed by atoms with Crippen LogP contribution >= 0.6 is 0 Å². The molecule has 106 valence electrons. The Balaban J connectivity index is 2.84. The summed E-state index contributed by atoms with van der Waals surface area (Å²) in [6, 6.07) is 3.67. The number of amides is 1. The van der Waals surface area contributed by atoms with E-state index in [0.29, 0.717) is 17.4 Å². The molecule has 0 bridgehead atoms. The van der Waals surface area contributed by atoms with Gasteiger partial charge in [-0.1, -0.05) is 13.8 Å². The first-order chi connectivity index (χ1) is 8.95. The zero-order valence-corrected chi connectivity index (χ0v) is 12.5. The summed E-state index contributed by atoms with van der Waals surface area (Å²) >= 11 is 0. The lowest BCUT2D eigenvalue weighted by molar-refractivity contribution is 0.0674. The van der Waals surface area contributed by atoms with Gasteiger partial charge in [0.15, 0.2) is 5.69 Å². The van der Waals surface area contributed by atoms with Crippen LogP contribution in [0.25, 0.3) is 0 Å². The minimum Gasteiger partial charge on any atom is -0.369 e. The van der Waals surface area contributed by atoms with Crippen molar-refractivity contribution >= 4 is 11.7 Å². The lowest BCUT2D eigenvalue weighted by atomic mass is 10.1. The lowest BCUT2D eigenvalue weighted by Gasteiger charge is -2.28. The van der Waals surface area contributed by atoms with Gasteiger partial charge in [-0.15, -0.1) is 10.2 Å². The molecule has 19 heavy (non-hydrogen) atoms. The number of carbonyl (C=O) groups excluding carboxylic acids is 1. The molecule has 0 spiro atoms. The van der Waals surface area contributed by atoms with E-state index in [0.717, 1.165) is 13.1 Å². The molecule has 0 saturated carbocycles. The molecule has 0 unspecified atom stereocenters. The summed E-state index contributed by atoms with van der Waals surface area (Å²) in [5.41, 5.74) is 0.399. The maximum atomic E-state index is 12.4. The fraction of sp³-hybridized carbons (Fsp3) is 0.643. The predicted octanol–water partition coefficient (Wildman–Crippen LogP) is 2.42. The van der Waals surface area contributed by atoms with E-state index in [2.05, 4.69) is 29.4 Å². The van der Waals surface area contributed by atoms with Gasteiger partial charge in [-0.3, -0.25) is 4.79 Å². The minimum absolute atomic E-state index is 0.0563. The Morgan fingerprint density at radius 3 is 2.37 bits per heavy atom. The van der Waals surface area contributed by atoms with Crippen LogP contribution < -0.4 is 5.32 Å². The van der Waals surface area contributed by atoms with Gasteiger partial charge >= 0.3 is 0 Å². The van der Waals surface area contributed by atoms with Gasteiger partial charge in [-0.05, 0) is 38.8 Å². The number of rotatable bonds is 6. The van der Waals surface area contributed by atoms with E-state index >= 15 is 0 Å². The van der Waals surface area contributed by atoms with Crippen molar-refractivity contribution in [3.8, 4) is 0 Å². The zero-order chi connectivity index (χ0) is 14.4. The molecule has 1 amide bonds. The highest BCUT2D eigenvalue weighted by Crippen LogP contribution is 2.10. The molecule has 1 rings (SSSR count). The van der Waals surface area contributed by atoms with E-state index < -0.39 is 0 Å². The Morgan fingerprint density at radius 2 is 1.95 bits per heavy atom. The molecule has 0 aliphatic heterocycles. The second-order valence-electron chi connectivity index (χ2n) is 5.28. The molecule has 0 aliphatic carbocycles. The maximum absolute atomic E-state index is 12.4. The number of hydrogen-bond acceptors (Lipinski definition) is 4. The molecule has 1 N–H and O–H groups in total. The van der Waals surface area contributed by atoms with Crippen LogP contribution in [0.15, 0.2) is 12.1 Å². The molecule has 0 aliphatic rings. The van der Waals surface area contributed by atoms with E-state index in [9.17, 15) is 4.79 Å². The summed E-state index contributed by atoms with van der Waals surface area (Å²) < 4.78 is 0. The lowest BCUT2D eigenvalue weighted by Crippen LogP contribution is -2.40. The SMILES string of the molecule is CCNc1ccc(C(=O)N(CC(C)C)C(C)C)nn1. The number of hydrogen-bond donors (Lipinski definition) is 1. The third-order valence-corrected chi connectivity index (χ3v) is 2.69. The normalized spacial score (nSPS) is 10.9. The van der Waals surface area contributed by atoms with Gasteiger partial charge in [0.05, 0.1) is 0 Å². The summed E-state index contributed by atoms with van der Waals surface area (Å²) in [7, 11) is 0. The van der Waals surface area contributed by atoms with E-state index in [1.165, 1.54) is 0 Å². The third kappa shape index (κ3) is 4.50. The number of nitrogens with one attached hydrogen (secondary N) is 1. The Hall–Kier alpha value is -1.65. The molecule has 1 aromatic rings. The van der Waals surface area contributed by atoms with Crippen molar-refractivity contribution < 1.29 is 4.79 Å². The first-order valence-corrected chi connectivity index (χ1v) is 6.84. The monoisotopic (exact) mass is 264 g/mol. The van der Waals surface area contributed by atoms with Crippen LogP contribution in [0, 0.1) is 5.92 Å². The molecule has 1 heterocycles. The van der Waals surface area contributed by atoms with Crippen LogP contribution in [0.4, 0.5) is 5.82 Å². The highest BCUT2D eigenvalue weighted by atomic mass is 16.2. The summed E-state index contributed by atoms with van der Waals surface area (Å²) in [4.78, 5) is 14.2. The van der Waals surface area contributed by atoms with Gasteiger partial charge in [-0.25, -0.2) is 0 Å². The number of aromatic nitrogens is 2. The summed E-state index contributed by atoms with van der Waals surface area (Å²) in [5.74, 6) is 1.07. The highest BCUT2D eigenvalue weighted by Gasteiger charge is 2.21. The molecule has 0 atom stereocenters. The van der Waals surface area contributed by atoms with E-state index in [4.69, 9.17) is 0 Å². The Bertz CT molecular complexity index is 400. The average Bonchev–Trinajstić information content (AvgIpc) is 2.36. The van der Waals surface area contributed by atoms with Crippen LogP contribution in [0.2, 0.25) is 0 Å². The molecular formula is C14H24N4O. The van der Waals surface area contributed by atoms with Gasteiger partial charge in [0.2, 0.25) is 0 Å². The van der Waals surface area contributed by atoms with Crippen molar-refractivity contribution in [1.82, 2.24) is 15.1 Å². The first kappa shape index (κ1) is 15.4. The quantitative estimate of drug-likeness (QED) is 0.857. The topological polar surface area (TPSA) is 58.1 Å². The zero-order valence-electron chi connectivity index (χ0n) is 12.5.